The van der Waals surface area contributed by atoms with Crippen LogP contribution in [0.3, 0.4) is 0 Å². The molecule has 0 amide bonds. The molecule has 0 saturated carbocycles. The number of nitrogens with zero attached hydrogens (tertiary/aromatic N) is 1. The zero-order valence-electron chi connectivity index (χ0n) is 17.0. The molecule has 31 heavy (non-hydrogen) atoms. The molecule has 1 N–H and O–H groups in total. The minimum absolute atomic E-state index is 0.0457. The van der Waals surface area contributed by atoms with Crippen LogP contribution in [0, 0.1) is 5.92 Å². The average Bonchev–Trinajstić information content (AvgIpc) is 3.20. The molecule has 0 unspecified atom stereocenters. The van der Waals surface area contributed by atoms with Crippen molar-refractivity contribution in [1.82, 2.24) is 9.62 Å². The van der Waals surface area contributed by atoms with Gasteiger partial charge < -0.3 is 18.6 Å². The molecule has 5 rings (SSSR count). The van der Waals surface area contributed by atoms with Gasteiger partial charge in [-0.25, -0.2) is 13.1 Å². The predicted octanol–water partition coefficient (Wildman–Crippen LogP) is 2.49. The van der Waals surface area contributed by atoms with Crippen LogP contribution in [0.1, 0.15) is 0 Å². The molecule has 0 aliphatic carbocycles. The molecule has 2 aliphatic rings. The second kappa shape index (κ2) is 8.41. The topological polar surface area (TPSA) is 90.2 Å². The van der Waals surface area contributed by atoms with Gasteiger partial charge in [-0.05, 0) is 24.1 Å². The van der Waals surface area contributed by atoms with Crippen molar-refractivity contribution in [2.24, 2.45) is 5.92 Å². The molecule has 9 heteroatoms. The van der Waals surface area contributed by atoms with Crippen LogP contribution in [0.15, 0.2) is 58.0 Å². The lowest BCUT2D eigenvalue weighted by molar-refractivity contribution is 0.0835. The second-order valence-corrected chi connectivity index (χ2v) is 9.41. The van der Waals surface area contributed by atoms with Gasteiger partial charge in [0.1, 0.15) is 25.4 Å². The van der Waals surface area contributed by atoms with Gasteiger partial charge in [-0.1, -0.05) is 24.3 Å². The summed E-state index contributed by atoms with van der Waals surface area (Å²) in [6.07, 6.45) is 0. The second-order valence-electron chi connectivity index (χ2n) is 7.71. The van der Waals surface area contributed by atoms with E-state index in [4.69, 9.17) is 18.6 Å². The van der Waals surface area contributed by atoms with Crippen LogP contribution in [0.25, 0.3) is 11.0 Å². The van der Waals surface area contributed by atoms with E-state index >= 15 is 0 Å². The molecule has 0 atom stereocenters. The summed E-state index contributed by atoms with van der Waals surface area (Å²) in [5.74, 6) is 2.33. The summed E-state index contributed by atoms with van der Waals surface area (Å²) in [5.41, 5.74) is 0.564. The molecule has 2 aliphatic heterocycles. The highest BCUT2D eigenvalue weighted by Gasteiger charge is 2.29. The number of nitrogens with one attached hydrogen (secondary N) is 1. The van der Waals surface area contributed by atoms with Crippen molar-refractivity contribution in [3.8, 4) is 17.2 Å². The first-order chi connectivity index (χ1) is 15.1. The molecule has 1 fully saturated rings. The van der Waals surface area contributed by atoms with E-state index in [-0.39, 0.29) is 11.0 Å². The zero-order valence-corrected chi connectivity index (χ0v) is 17.8. The number of sulfonamides is 1. The third-order valence-corrected chi connectivity index (χ3v) is 6.74. The van der Waals surface area contributed by atoms with Gasteiger partial charge in [-0.15, -0.1) is 0 Å². The molecule has 164 valence electrons. The third kappa shape index (κ3) is 4.34. The fourth-order valence-electron chi connectivity index (χ4n) is 3.82. The Hall–Kier alpha value is -2.75. The van der Waals surface area contributed by atoms with Crippen molar-refractivity contribution in [2.75, 3.05) is 46.0 Å². The first kappa shape index (κ1) is 20.2. The highest BCUT2D eigenvalue weighted by Crippen LogP contribution is 2.38. The quantitative estimate of drug-likeness (QED) is 0.571. The fraction of sp³-hybridized carbons (Fsp3) is 0.364. The molecule has 0 radical (unpaired) electrons. The van der Waals surface area contributed by atoms with Crippen LogP contribution in [0.2, 0.25) is 0 Å². The lowest BCUT2D eigenvalue weighted by Crippen LogP contribution is -2.52. The Morgan fingerprint density at radius 3 is 2.77 bits per heavy atom. The molecule has 2 aromatic carbocycles. The van der Waals surface area contributed by atoms with E-state index in [9.17, 15) is 8.42 Å². The summed E-state index contributed by atoms with van der Waals surface area (Å²) < 4.78 is 50.3. The van der Waals surface area contributed by atoms with E-state index in [0.717, 1.165) is 25.0 Å². The molecule has 1 aromatic heterocycles. The lowest BCUT2D eigenvalue weighted by Gasteiger charge is -2.39. The van der Waals surface area contributed by atoms with E-state index in [2.05, 4.69) is 9.62 Å². The van der Waals surface area contributed by atoms with Crippen LogP contribution in [-0.4, -0.2) is 59.3 Å². The van der Waals surface area contributed by atoms with Crippen LogP contribution >= 0.6 is 0 Å². The zero-order chi connectivity index (χ0) is 21.3. The van der Waals surface area contributed by atoms with Gasteiger partial charge in [0.25, 0.3) is 10.0 Å². The van der Waals surface area contributed by atoms with Crippen molar-refractivity contribution in [1.29, 1.82) is 0 Å². The Morgan fingerprint density at radius 1 is 1.06 bits per heavy atom. The van der Waals surface area contributed by atoms with E-state index in [1.165, 1.54) is 0 Å². The maximum absolute atomic E-state index is 12.5. The molecule has 3 aromatic rings. The summed E-state index contributed by atoms with van der Waals surface area (Å²) in [6.45, 7) is 4.37. The molecule has 3 heterocycles. The third-order valence-electron chi connectivity index (χ3n) is 5.46. The van der Waals surface area contributed by atoms with Gasteiger partial charge >= 0.3 is 0 Å². The van der Waals surface area contributed by atoms with Crippen molar-refractivity contribution >= 4 is 21.0 Å². The Labute approximate surface area is 180 Å². The van der Waals surface area contributed by atoms with Crippen molar-refractivity contribution in [3.63, 3.8) is 0 Å². The molecular formula is C22H24N2O6S. The van der Waals surface area contributed by atoms with E-state index in [1.807, 2.05) is 36.4 Å². The summed E-state index contributed by atoms with van der Waals surface area (Å²) in [7, 11) is -3.66. The highest BCUT2D eigenvalue weighted by molar-refractivity contribution is 7.89. The highest BCUT2D eigenvalue weighted by atomic mass is 32.2. The minimum atomic E-state index is -3.66. The number of hydrogen-bond donors (Lipinski definition) is 1. The average molecular weight is 445 g/mol. The van der Waals surface area contributed by atoms with Crippen molar-refractivity contribution in [3.05, 3.63) is 48.5 Å². The van der Waals surface area contributed by atoms with E-state index in [1.54, 1.807) is 12.1 Å². The standard InChI is InChI=1S/C22H24N2O6S/c25-31(26,21-12-17-4-1-2-5-18(17)30-21)23-13-16-14-24(15-16)8-9-27-19-6-3-7-20-22(19)29-11-10-28-20/h1-7,12,16,23H,8-11,13-15H2. The number of hydrogen-bond acceptors (Lipinski definition) is 7. The fourth-order valence-corrected chi connectivity index (χ4v) is 4.90. The first-order valence-corrected chi connectivity index (χ1v) is 11.8. The van der Waals surface area contributed by atoms with Gasteiger partial charge in [-0.3, -0.25) is 4.90 Å². The molecule has 1 saturated heterocycles. The van der Waals surface area contributed by atoms with Crippen molar-refractivity contribution in [2.45, 2.75) is 5.09 Å². The van der Waals surface area contributed by atoms with Gasteiger partial charge in [0.15, 0.2) is 11.5 Å². The number of furan rings is 1. The van der Waals surface area contributed by atoms with Crippen molar-refractivity contribution < 1.29 is 27.0 Å². The van der Waals surface area contributed by atoms with Gasteiger partial charge in [0.2, 0.25) is 10.8 Å². The van der Waals surface area contributed by atoms with Crippen LogP contribution in [-0.2, 0) is 10.0 Å². The predicted molar refractivity (Wildman–Crippen MR) is 114 cm³/mol. The largest absolute Gasteiger partial charge is 0.488 e. The monoisotopic (exact) mass is 444 g/mol. The lowest BCUT2D eigenvalue weighted by atomic mass is 10.0. The Balaban J connectivity index is 1.06. The number of para-hydroxylation sites is 2. The maximum Gasteiger partial charge on any atom is 0.274 e. The Kier molecular flexibility index (Phi) is 5.47. The number of fused-ring (bicyclic) bond motifs is 2. The summed E-state index contributed by atoms with van der Waals surface area (Å²) in [6, 6.07) is 14.4. The number of rotatable bonds is 8. The summed E-state index contributed by atoms with van der Waals surface area (Å²) in [4.78, 5) is 2.23. The summed E-state index contributed by atoms with van der Waals surface area (Å²) in [5, 5.41) is 0.727. The Bertz CT molecular complexity index is 1140. The maximum atomic E-state index is 12.5. The van der Waals surface area contributed by atoms with Gasteiger partial charge in [0, 0.05) is 37.6 Å². The molecule has 0 spiro atoms. The van der Waals surface area contributed by atoms with Crippen LogP contribution in [0.5, 0.6) is 17.2 Å². The first-order valence-electron chi connectivity index (χ1n) is 10.3. The summed E-state index contributed by atoms with van der Waals surface area (Å²) >= 11 is 0. The molecule has 8 nitrogen and oxygen atoms in total. The Morgan fingerprint density at radius 2 is 1.90 bits per heavy atom. The number of ether oxygens (including phenoxy) is 3. The molecular weight excluding hydrogens is 420 g/mol. The smallest absolute Gasteiger partial charge is 0.274 e. The number of benzene rings is 2. The van der Waals surface area contributed by atoms with Gasteiger partial charge in [0.05, 0.1) is 0 Å². The van der Waals surface area contributed by atoms with E-state index in [0.29, 0.717) is 49.2 Å². The minimum Gasteiger partial charge on any atom is -0.488 e. The van der Waals surface area contributed by atoms with Gasteiger partial charge in [-0.2, -0.15) is 0 Å². The van der Waals surface area contributed by atoms with Crippen LogP contribution < -0.4 is 18.9 Å². The SMILES string of the molecule is O=S(=O)(NCC1CN(CCOc2cccc3c2OCCO3)C1)c1cc2ccccc2o1. The van der Waals surface area contributed by atoms with Crippen LogP contribution in [0.4, 0.5) is 0 Å². The normalized spacial score (nSPS) is 16.9. The number of likely N-dealkylation sites (tertiary alicyclic amines) is 1. The molecule has 0 bridgehead atoms. The van der Waals surface area contributed by atoms with E-state index < -0.39 is 10.0 Å².